The van der Waals surface area contributed by atoms with E-state index in [9.17, 15) is 0 Å². The van der Waals surface area contributed by atoms with Crippen LogP contribution in [0.15, 0.2) is 185 Å². The average molecular weight is 744 g/mol. The number of hydrogen-bond donors (Lipinski definition) is 0. The summed E-state index contributed by atoms with van der Waals surface area (Å²) in [6, 6.07) is 60.9. The van der Waals surface area contributed by atoms with Crippen molar-refractivity contribution in [2.45, 2.75) is 0 Å². The Balaban J connectivity index is 1.13. The van der Waals surface area contributed by atoms with E-state index in [2.05, 4.69) is 130 Å². The summed E-state index contributed by atoms with van der Waals surface area (Å²) in [5, 5.41) is 8.78. The molecule has 58 heavy (non-hydrogen) atoms. The van der Waals surface area contributed by atoms with Crippen molar-refractivity contribution < 1.29 is 8.83 Å². The largest absolute Gasteiger partial charge is 0.456 e. The molecule has 0 N–H and O–H groups in total. The summed E-state index contributed by atoms with van der Waals surface area (Å²) in [6.07, 6.45) is 0. The van der Waals surface area contributed by atoms with Crippen LogP contribution in [0.4, 0.5) is 0 Å². The van der Waals surface area contributed by atoms with Crippen molar-refractivity contribution in [3.8, 4) is 34.4 Å². The molecule has 0 aliphatic carbocycles. The molecule has 5 aromatic heterocycles. The van der Waals surface area contributed by atoms with Crippen LogP contribution >= 0.6 is 0 Å². The lowest BCUT2D eigenvalue weighted by atomic mass is 10.1. The van der Waals surface area contributed by atoms with E-state index in [0.717, 1.165) is 93.5 Å². The Morgan fingerprint density at radius 1 is 0.345 bits per heavy atom. The molecule has 0 aliphatic heterocycles. The fraction of sp³-hybridized carbons (Fsp3) is 0. The summed E-state index contributed by atoms with van der Waals surface area (Å²) in [5.74, 6) is 1.55. The molecule has 0 atom stereocenters. The van der Waals surface area contributed by atoms with E-state index < -0.39 is 0 Å². The smallest absolute Gasteiger partial charge is 0.238 e. The molecule has 0 amide bonds. The monoisotopic (exact) mass is 743 g/mol. The second-order valence-electron chi connectivity index (χ2n) is 14.8. The van der Waals surface area contributed by atoms with Gasteiger partial charge in [0.1, 0.15) is 22.3 Å². The number of rotatable bonds is 4. The molecular weight excluding hydrogens is 715 g/mol. The predicted octanol–water partition coefficient (Wildman–Crippen LogP) is 13.2. The molecule has 0 fully saturated rings. The van der Waals surface area contributed by atoms with Crippen LogP contribution in [0.2, 0.25) is 0 Å². The van der Waals surface area contributed by atoms with Gasteiger partial charge in [-0.2, -0.15) is 9.97 Å². The zero-order valence-electron chi connectivity index (χ0n) is 30.8. The fourth-order valence-electron chi connectivity index (χ4n) is 9.00. The predicted molar refractivity (Wildman–Crippen MR) is 234 cm³/mol. The van der Waals surface area contributed by atoms with E-state index in [1.807, 2.05) is 54.6 Å². The third-order valence-electron chi connectivity index (χ3n) is 11.6. The molecule has 5 heterocycles. The summed E-state index contributed by atoms with van der Waals surface area (Å²) < 4.78 is 17.4. The molecule has 0 aliphatic rings. The third kappa shape index (κ3) is 4.41. The number of furan rings is 2. The first-order valence-corrected chi connectivity index (χ1v) is 19.4. The number of fused-ring (bicyclic) bond motifs is 12. The molecule has 0 unspecified atom stereocenters. The molecule has 0 spiro atoms. The topological polar surface area (TPSA) is 74.8 Å². The number of benzene rings is 8. The molecule has 0 bridgehead atoms. The number of aromatic nitrogens is 5. The number of hydrogen-bond acceptors (Lipinski definition) is 5. The summed E-state index contributed by atoms with van der Waals surface area (Å²) >= 11 is 0. The van der Waals surface area contributed by atoms with E-state index >= 15 is 0 Å². The van der Waals surface area contributed by atoms with Gasteiger partial charge in [0.2, 0.25) is 5.95 Å². The van der Waals surface area contributed by atoms with Crippen LogP contribution < -0.4 is 0 Å². The zero-order chi connectivity index (χ0) is 37.9. The Hall–Kier alpha value is -8.03. The molecule has 0 saturated heterocycles. The number of para-hydroxylation sites is 6. The van der Waals surface area contributed by atoms with Crippen LogP contribution in [-0.4, -0.2) is 24.1 Å². The first-order valence-electron chi connectivity index (χ1n) is 19.4. The van der Waals surface area contributed by atoms with Gasteiger partial charge in [-0.15, -0.1) is 0 Å². The van der Waals surface area contributed by atoms with Gasteiger partial charge in [-0.25, -0.2) is 4.98 Å². The van der Waals surface area contributed by atoms with Crippen LogP contribution in [0.3, 0.4) is 0 Å². The maximum absolute atomic E-state index is 6.55. The molecular formula is C51H29N5O2. The molecule has 270 valence electrons. The van der Waals surface area contributed by atoms with Crippen molar-refractivity contribution >= 4 is 87.5 Å². The van der Waals surface area contributed by atoms with Gasteiger partial charge in [0.05, 0.1) is 27.6 Å². The minimum atomic E-state index is 0.505. The normalized spacial score (nSPS) is 12.1. The van der Waals surface area contributed by atoms with Crippen molar-refractivity contribution in [1.82, 2.24) is 24.1 Å². The van der Waals surface area contributed by atoms with Gasteiger partial charge in [0, 0.05) is 54.3 Å². The highest BCUT2D eigenvalue weighted by molar-refractivity contribution is 6.19. The van der Waals surface area contributed by atoms with Gasteiger partial charge in [0.25, 0.3) is 0 Å². The molecule has 0 radical (unpaired) electrons. The van der Waals surface area contributed by atoms with Crippen molar-refractivity contribution in [1.29, 1.82) is 0 Å². The van der Waals surface area contributed by atoms with Crippen LogP contribution in [0.25, 0.3) is 122 Å². The maximum atomic E-state index is 6.55. The average Bonchev–Trinajstić information content (AvgIpc) is 4.03. The van der Waals surface area contributed by atoms with Gasteiger partial charge >= 0.3 is 0 Å². The Morgan fingerprint density at radius 2 is 0.931 bits per heavy atom. The highest BCUT2D eigenvalue weighted by Gasteiger charge is 2.23. The fourth-order valence-corrected chi connectivity index (χ4v) is 9.00. The van der Waals surface area contributed by atoms with E-state index in [4.69, 9.17) is 23.8 Å². The Kier molecular flexibility index (Phi) is 6.32. The highest BCUT2D eigenvalue weighted by Crippen LogP contribution is 2.41. The molecule has 8 aromatic carbocycles. The lowest BCUT2D eigenvalue weighted by Gasteiger charge is -2.12. The van der Waals surface area contributed by atoms with Gasteiger partial charge < -0.3 is 13.4 Å². The van der Waals surface area contributed by atoms with Crippen molar-refractivity contribution in [3.63, 3.8) is 0 Å². The lowest BCUT2D eigenvalue weighted by Crippen LogP contribution is -2.06. The minimum Gasteiger partial charge on any atom is -0.456 e. The van der Waals surface area contributed by atoms with E-state index in [1.54, 1.807) is 0 Å². The van der Waals surface area contributed by atoms with Gasteiger partial charge in [-0.05, 0) is 66.7 Å². The highest BCUT2D eigenvalue weighted by atomic mass is 16.3. The van der Waals surface area contributed by atoms with E-state index in [1.165, 1.54) is 10.8 Å². The zero-order valence-corrected chi connectivity index (χ0v) is 30.8. The quantitative estimate of drug-likeness (QED) is 0.179. The second-order valence-corrected chi connectivity index (χ2v) is 14.8. The number of nitrogens with zero attached hydrogens (tertiary/aromatic N) is 5. The van der Waals surface area contributed by atoms with Gasteiger partial charge in [0.15, 0.2) is 11.6 Å². The minimum absolute atomic E-state index is 0.505. The second kappa shape index (κ2) is 11.7. The SMILES string of the molecule is c1ccc(-n2c3ccccc3c3cc4c5ccccc5n(-c5nc(-c6ccc7c(c6)oc6ccccc67)nc(-c6cccc7c6oc6ccccc67)n5)c4cc32)cc1. The van der Waals surface area contributed by atoms with Crippen molar-refractivity contribution in [3.05, 3.63) is 176 Å². The van der Waals surface area contributed by atoms with Crippen LogP contribution in [0, 0.1) is 0 Å². The lowest BCUT2D eigenvalue weighted by molar-refractivity contribution is 0.668. The summed E-state index contributed by atoms with van der Waals surface area (Å²) in [6.45, 7) is 0. The molecule has 7 nitrogen and oxygen atoms in total. The van der Waals surface area contributed by atoms with E-state index in [0.29, 0.717) is 17.6 Å². The van der Waals surface area contributed by atoms with Gasteiger partial charge in [-0.1, -0.05) is 109 Å². The van der Waals surface area contributed by atoms with Crippen molar-refractivity contribution in [2.24, 2.45) is 0 Å². The molecule has 0 saturated carbocycles. The first-order chi connectivity index (χ1) is 28.7. The standard InChI is InChI=1S/C51H29N5O2/c1-2-13-31(14-3-1)55-41-21-8-4-15-32(41)39-28-40-33-16-5-9-22-42(33)56(44(40)29-43(39)55)51-53-49(30-25-26-36-34-17-6-10-23-45(34)57-47(36)27-30)52-50(54-51)38-20-12-19-37-35-18-7-11-24-46(35)58-48(37)38/h1-29H. The molecule has 13 aromatic rings. The summed E-state index contributed by atoms with van der Waals surface area (Å²) in [5.41, 5.74) is 10.1. The van der Waals surface area contributed by atoms with E-state index in [-0.39, 0.29) is 0 Å². The van der Waals surface area contributed by atoms with Crippen LogP contribution in [0.1, 0.15) is 0 Å². The Labute approximate surface area is 329 Å². The third-order valence-corrected chi connectivity index (χ3v) is 11.6. The Morgan fingerprint density at radius 3 is 1.71 bits per heavy atom. The summed E-state index contributed by atoms with van der Waals surface area (Å²) in [7, 11) is 0. The summed E-state index contributed by atoms with van der Waals surface area (Å²) in [4.78, 5) is 15.9. The molecule has 13 rings (SSSR count). The molecule has 7 heteroatoms. The van der Waals surface area contributed by atoms with Gasteiger partial charge in [-0.3, -0.25) is 4.57 Å². The van der Waals surface area contributed by atoms with Crippen LogP contribution in [-0.2, 0) is 0 Å². The van der Waals surface area contributed by atoms with Crippen molar-refractivity contribution in [2.75, 3.05) is 0 Å². The maximum Gasteiger partial charge on any atom is 0.238 e. The van der Waals surface area contributed by atoms with Crippen LogP contribution in [0.5, 0.6) is 0 Å². The Bertz CT molecular complexity index is 3810. The first kappa shape index (κ1) is 31.2.